The van der Waals surface area contributed by atoms with Crippen molar-refractivity contribution in [1.82, 2.24) is 14.8 Å². The van der Waals surface area contributed by atoms with Crippen molar-refractivity contribution < 1.29 is 32.7 Å². The minimum atomic E-state index is -1.20. The third-order valence-corrected chi connectivity index (χ3v) is 8.76. The number of unbranched alkanes of at least 4 members (excludes halogenated alkanes) is 3. The van der Waals surface area contributed by atoms with E-state index in [4.69, 9.17) is 16.4 Å². The van der Waals surface area contributed by atoms with Crippen LogP contribution in [0.15, 0.2) is 28.3 Å². The van der Waals surface area contributed by atoms with Gasteiger partial charge >= 0.3 is 0 Å². The standard InChI is InChI=1S/C29H32ClF3N4O5/c1-16-7-8-29(12-18(35-42-29)6-4-2-3-5-9-30)23-15-36(16)28(41)24-26(39)25(38)20(14-37(23)24)27(40)34-13-19-21(32)10-17(31)11-22(19)33/h10-11,14,16,23,39H,2-9,12-13,15H2,1H3,(H,34,40)/t16-,23+,29-/m0/s1. The Morgan fingerprint density at radius 2 is 1.90 bits per heavy atom. The Morgan fingerprint density at radius 1 is 1.19 bits per heavy atom. The number of nitrogens with zero attached hydrogens (tertiary/aromatic N) is 3. The van der Waals surface area contributed by atoms with Gasteiger partial charge in [-0.2, -0.15) is 0 Å². The number of amides is 2. The smallest absolute Gasteiger partial charge is 0.274 e. The average Bonchev–Trinajstić information content (AvgIpc) is 3.31. The monoisotopic (exact) mass is 608 g/mol. The molecule has 1 saturated heterocycles. The fourth-order valence-electron chi connectivity index (χ4n) is 6.10. The van der Waals surface area contributed by atoms with Crippen LogP contribution in [0.4, 0.5) is 13.2 Å². The summed E-state index contributed by atoms with van der Waals surface area (Å²) in [5.74, 6) is -5.37. The molecule has 0 unspecified atom stereocenters. The minimum absolute atomic E-state index is 0.200. The fourth-order valence-corrected chi connectivity index (χ4v) is 6.29. The normalized spacial score (nSPS) is 22.9. The van der Waals surface area contributed by atoms with Crippen LogP contribution in [0.3, 0.4) is 0 Å². The SMILES string of the molecule is C[C@H]1CC[C@]2(CC(CCCCCCCl)=NO2)[C@H]2CN1C(=O)c1c(O)c(=O)c(C(=O)NCc3c(F)cc(F)cc3F)cn12. The van der Waals surface area contributed by atoms with Gasteiger partial charge in [-0.3, -0.25) is 14.4 Å². The summed E-state index contributed by atoms with van der Waals surface area (Å²) in [5, 5.41) is 17.6. The molecule has 9 nitrogen and oxygen atoms in total. The number of fused-ring (bicyclic) bond motifs is 5. The number of halogens is 4. The fraction of sp³-hybridized carbons (Fsp3) is 0.517. The van der Waals surface area contributed by atoms with Crippen LogP contribution in [0.25, 0.3) is 0 Å². The highest BCUT2D eigenvalue weighted by Crippen LogP contribution is 2.46. The van der Waals surface area contributed by atoms with E-state index in [0.29, 0.717) is 37.3 Å². The van der Waals surface area contributed by atoms with Crippen LogP contribution >= 0.6 is 11.6 Å². The quantitative estimate of drug-likeness (QED) is 0.314. The number of alkyl halides is 1. The van der Waals surface area contributed by atoms with Crippen molar-refractivity contribution in [3.63, 3.8) is 0 Å². The highest BCUT2D eigenvalue weighted by molar-refractivity contribution is 6.17. The van der Waals surface area contributed by atoms with Gasteiger partial charge < -0.3 is 24.7 Å². The Bertz CT molecular complexity index is 1480. The van der Waals surface area contributed by atoms with Gasteiger partial charge in [0.15, 0.2) is 17.0 Å². The van der Waals surface area contributed by atoms with Gasteiger partial charge in [-0.15, -0.1) is 11.6 Å². The van der Waals surface area contributed by atoms with E-state index in [0.717, 1.165) is 37.8 Å². The summed E-state index contributed by atoms with van der Waals surface area (Å²) in [6, 6.07) is 0.171. The minimum Gasteiger partial charge on any atom is -0.503 e. The van der Waals surface area contributed by atoms with Crippen LogP contribution in [-0.4, -0.2) is 56.2 Å². The van der Waals surface area contributed by atoms with Gasteiger partial charge in [0.1, 0.15) is 23.0 Å². The molecule has 2 amide bonds. The van der Waals surface area contributed by atoms with Crippen LogP contribution < -0.4 is 10.7 Å². The zero-order valence-electron chi connectivity index (χ0n) is 23.1. The summed E-state index contributed by atoms with van der Waals surface area (Å²) >= 11 is 5.77. The van der Waals surface area contributed by atoms with Crippen molar-refractivity contribution in [3.8, 4) is 5.75 Å². The molecule has 3 atom stereocenters. The topological polar surface area (TPSA) is 113 Å². The van der Waals surface area contributed by atoms with Gasteiger partial charge in [0.05, 0.1) is 11.8 Å². The molecule has 1 aromatic carbocycles. The third kappa shape index (κ3) is 5.48. The Kier molecular flexibility index (Phi) is 8.54. The van der Waals surface area contributed by atoms with Gasteiger partial charge in [-0.1, -0.05) is 18.0 Å². The summed E-state index contributed by atoms with van der Waals surface area (Å²) in [6.45, 7) is 1.42. The van der Waals surface area contributed by atoms with Crippen LogP contribution in [0.1, 0.15) is 90.7 Å². The van der Waals surface area contributed by atoms with Crippen LogP contribution in [0.5, 0.6) is 5.75 Å². The largest absolute Gasteiger partial charge is 0.503 e. The van der Waals surface area contributed by atoms with Gasteiger partial charge in [-0.25, -0.2) is 13.2 Å². The van der Waals surface area contributed by atoms with Gasteiger partial charge in [0, 0.05) is 55.3 Å². The Morgan fingerprint density at radius 3 is 2.62 bits per heavy atom. The zero-order chi connectivity index (χ0) is 30.2. The number of nitrogens with one attached hydrogen (secondary N) is 1. The summed E-state index contributed by atoms with van der Waals surface area (Å²) in [7, 11) is 0. The van der Waals surface area contributed by atoms with Crippen molar-refractivity contribution in [1.29, 1.82) is 0 Å². The van der Waals surface area contributed by atoms with Gasteiger partial charge in [0.25, 0.3) is 11.8 Å². The highest BCUT2D eigenvalue weighted by Gasteiger charge is 2.54. The van der Waals surface area contributed by atoms with Crippen molar-refractivity contribution in [3.05, 3.63) is 62.8 Å². The second-order valence-electron chi connectivity index (χ2n) is 11.2. The Hall–Kier alpha value is -3.54. The number of carbonyl (C=O) groups is 2. The number of pyridine rings is 1. The molecule has 42 heavy (non-hydrogen) atoms. The number of benzene rings is 1. The Balaban J connectivity index is 1.45. The van der Waals surface area contributed by atoms with E-state index in [1.54, 1.807) is 4.90 Å². The lowest BCUT2D eigenvalue weighted by atomic mass is 9.83. The first kappa shape index (κ1) is 29.9. The first-order valence-corrected chi connectivity index (χ1v) is 14.6. The maximum Gasteiger partial charge on any atom is 0.274 e. The summed E-state index contributed by atoms with van der Waals surface area (Å²) in [5.41, 5.74) is -2.47. The number of hydrogen-bond acceptors (Lipinski definition) is 6. The first-order chi connectivity index (χ1) is 20.1. The van der Waals surface area contributed by atoms with E-state index >= 15 is 0 Å². The third-order valence-electron chi connectivity index (χ3n) is 8.49. The average molecular weight is 609 g/mol. The van der Waals surface area contributed by atoms with E-state index < -0.39 is 69.8 Å². The molecular weight excluding hydrogens is 577 g/mol. The molecule has 4 heterocycles. The lowest BCUT2D eigenvalue weighted by Gasteiger charge is -2.41. The maximum atomic E-state index is 14.1. The number of rotatable bonds is 9. The molecule has 1 aromatic heterocycles. The van der Waals surface area contributed by atoms with E-state index in [1.807, 2.05) is 6.92 Å². The molecule has 3 aliphatic heterocycles. The van der Waals surface area contributed by atoms with Crippen LogP contribution in [-0.2, 0) is 11.4 Å². The van der Waals surface area contributed by atoms with Gasteiger partial charge in [0.2, 0.25) is 5.43 Å². The number of oxime groups is 1. The lowest BCUT2D eigenvalue weighted by Crippen LogP contribution is -2.52. The van der Waals surface area contributed by atoms with E-state index in [2.05, 4.69) is 10.5 Å². The van der Waals surface area contributed by atoms with Crippen molar-refractivity contribution in [2.24, 2.45) is 5.16 Å². The first-order valence-electron chi connectivity index (χ1n) is 14.1. The molecule has 2 aromatic rings. The molecule has 5 rings (SSSR count). The van der Waals surface area contributed by atoms with Crippen LogP contribution in [0.2, 0.25) is 0 Å². The molecule has 0 aliphatic carbocycles. The van der Waals surface area contributed by atoms with Crippen molar-refractivity contribution in [2.75, 3.05) is 12.4 Å². The molecule has 2 N–H and O–H groups in total. The second kappa shape index (κ2) is 12.0. The number of aromatic nitrogens is 1. The van der Waals surface area contributed by atoms with Gasteiger partial charge in [-0.05, 0) is 39.0 Å². The molecule has 13 heteroatoms. The molecule has 226 valence electrons. The highest BCUT2D eigenvalue weighted by atomic mass is 35.5. The van der Waals surface area contributed by atoms with E-state index in [1.165, 1.54) is 10.8 Å². The van der Waals surface area contributed by atoms with Crippen molar-refractivity contribution in [2.45, 2.75) is 82.5 Å². The van der Waals surface area contributed by atoms with E-state index in [9.17, 15) is 32.7 Å². The predicted molar refractivity (Wildman–Crippen MR) is 148 cm³/mol. The summed E-state index contributed by atoms with van der Waals surface area (Å²) in [6.07, 6.45) is 7.44. The predicted octanol–water partition coefficient (Wildman–Crippen LogP) is 4.78. The Labute approximate surface area is 245 Å². The molecule has 2 bridgehead atoms. The number of aromatic hydroxyl groups is 1. The zero-order valence-corrected chi connectivity index (χ0v) is 23.9. The lowest BCUT2D eigenvalue weighted by molar-refractivity contribution is -0.0655. The number of hydrogen-bond donors (Lipinski definition) is 2. The molecule has 3 aliphatic rings. The summed E-state index contributed by atoms with van der Waals surface area (Å²) < 4.78 is 42.9. The van der Waals surface area contributed by atoms with Crippen LogP contribution in [0, 0.1) is 17.5 Å². The molecule has 0 radical (unpaired) electrons. The summed E-state index contributed by atoms with van der Waals surface area (Å²) in [4.78, 5) is 47.4. The molecule has 0 saturated carbocycles. The molecule has 1 spiro atoms. The van der Waals surface area contributed by atoms with E-state index in [-0.39, 0.29) is 18.3 Å². The number of carbonyl (C=O) groups excluding carboxylic acids is 2. The maximum absolute atomic E-state index is 14.1. The molecular formula is C29H32ClF3N4O5. The molecule has 1 fully saturated rings. The van der Waals surface area contributed by atoms with Crippen molar-refractivity contribution >= 4 is 29.1 Å². The second-order valence-corrected chi connectivity index (χ2v) is 11.6.